The summed E-state index contributed by atoms with van der Waals surface area (Å²) in [6.07, 6.45) is -0.802. The minimum atomic E-state index is -2.74. The number of hydrogen-bond donors (Lipinski definition) is 0. The lowest BCUT2D eigenvalue weighted by molar-refractivity contribution is -0.147. The van der Waals surface area contributed by atoms with Gasteiger partial charge in [0.05, 0.1) is 19.3 Å². The highest BCUT2D eigenvalue weighted by Gasteiger charge is 2.50. The zero-order chi connectivity index (χ0) is 18.9. The smallest absolute Gasteiger partial charge is 0.249 e. The predicted octanol–water partition coefficient (Wildman–Crippen LogP) is 4.74. The summed E-state index contributed by atoms with van der Waals surface area (Å²) in [5.74, 6) is -3.01. The van der Waals surface area contributed by atoms with Gasteiger partial charge in [0.15, 0.2) is 0 Å². The minimum Gasteiger partial charge on any atom is -0.497 e. The molecule has 1 aliphatic carbocycles. The van der Waals surface area contributed by atoms with Crippen LogP contribution in [0.1, 0.15) is 24.1 Å². The molecular formula is C19H19BrF2N2O2. The standard InChI is InChI=1S/C19H19BrF2N2O2/c1-12-3-8-16(17(20)23-12)24(18(25)14-9-19(21,22)10-14)11-13-4-6-15(26-2)7-5-13/h3-8,14H,9-11H2,1-2H3. The summed E-state index contributed by atoms with van der Waals surface area (Å²) in [5, 5.41) is 0. The number of nitrogens with zero attached hydrogens (tertiary/aromatic N) is 2. The number of halogens is 3. The van der Waals surface area contributed by atoms with Gasteiger partial charge in [-0.15, -0.1) is 0 Å². The molecule has 4 nitrogen and oxygen atoms in total. The van der Waals surface area contributed by atoms with E-state index in [9.17, 15) is 13.6 Å². The van der Waals surface area contributed by atoms with E-state index in [1.54, 1.807) is 31.4 Å². The molecule has 0 atom stereocenters. The molecule has 0 radical (unpaired) electrons. The Bertz CT molecular complexity index is 804. The number of carbonyl (C=O) groups excluding carboxylic acids is 1. The minimum absolute atomic E-state index is 0.272. The molecule has 1 aromatic carbocycles. The molecule has 0 aliphatic heterocycles. The van der Waals surface area contributed by atoms with Crippen LogP contribution in [-0.2, 0) is 11.3 Å². The maximum atomic E-state index is 13.3. The molecule has 1 heterocycles. The van der Waals surface area contributed by atoms with Gasteiger partial charge in [0.1, 0.15) is 10.4 Å². The number of pyridine rings is 1. The topological polar surface area (TPSA) is 42.4 Å². The van der Waals surface area contributed by atoms with Gasteiger partial charge in [-0.25, -0.2) is 13.8 Å². The van der Waals surface area contributed by atoms with E-state index in [0.717, 1.165) is 11.3 Å². The Morgan fingerprint density at radius 1 is 1.27 bits per heavy atom. The molecule has 1 aromatic heterocycles. The fourth-order valence-corrected chi connectivity index (χ4v) is 3.60. The van der Waals surface area contributed by atoms with Crippen LogP contribution < -0.4 is 9.64 Å². The van der Waals surface area contributed by atoms with Crippen LogP contribution in [-0.4, -0.2) is 23.9 Å². The zero-order valence-corrected chi connectivity index (χ0v) is 16.1. The number of carbonyl (C=O) groups is 1. The van der Waals surface area contributed by atoms with E-state index >= 15 is 0 Å². The second-order valence-corrected chi connectivity index (χ2v) is 7.25. The van der Waals surface area contributed by atoms with E-state index in [-0.39, 0.29) is 12.5 Å². The van der Waals surface area contributed by atoms with E-state index in [1.807, 2.05) is 19.1 Å². The first-order valence-electron chi connectivity index (χ1n) is 8.24. The summed E-state index contributed by atoms with van der Waals surface area (Å²) in [6, 6.07) is 10.9. The van der Waals surface area contributed by atoms with Gasteiger partial charge in [-0.2, -0.15) is 0 Å². The summed E-state index contributed by atoms with van der Waals surface area (Å²) in [6.45, 7) is 2.12. The molecule has 0 bridgehead atoms. The second kappa shape index (κ2) is 7.31. The van der Waals surface area contributed by atoms with Gasteiger partial charge in [-0.1, -0.05) is 12.1 Å². The van der Waals surface area contributed by atoms with Crippen molar-refractivity contribution in [1.29, 1.82) is 0 Å². The van der Waals surface area contributed by atoms with E-state index in [0.29, 0.717) is 16.0 Å². The lowest BCUT2D eigenvalue weighted by Gasteiger charge is -2.37. The molecule has 26 heavy (non-hydrogen) atoms. The Morgan fingerprint density at radius 3 is 2.46 bits per heavy atom. The quantitative estimate of drug-likeness (QED) is 0.650. The van der Waals surface area contributed by atoms with Crippen LogP contribution in [0, 0.1) is 12.8 Å². The molecule has 7 heteroatoms. The Morgan fingerprint density at radius 2 is 1.92 bits per heavy atom. The van der Waals surface area contributed by atoms with Gasteiger partial charge in [0.25, 0.3) is 0 Å². The molecule has 138 valence electrons. The Hall–Kier alpha value is -2.02. The van der Waals surface area contributed by atoms with E-state index in [1.165, 1.54) is 4.90 Å². The number of amides is 1. The average Bonchev–Trinajstić information content (AvgIpc) is 2.58. The van der Waals surface area contributed by atoms with Crippen molar-refractivity contribution in [2.45, 2.75) is 32.2 Å². The third-order valence-corrected chi connectivity index (χ3v) is 5.05. The molecule has 1 aliphatic rings. The maximum Gasteiger partial charge on any atom is 0.249 e. The summed E-state index contributed by atoms with van der Waals surface area (Å²) in [5.41, 5.74) is 2.25. The van der Waals surface area contributed by atoms with Crippen molar-refractivity contribution < 1.29 is 18.3 Å². The molecule has 2 aromatic rings. The van der Waals surface area contributed by atoms with E-state index in [4.69, 9.17) is 4.74 Å². The van der Waals surface area contributed by atoms with Crippen molar-refractivity contribution >= 4 is 27.5 Å². The fourth-order valence-electron chi connectivity index (χ4n) is 2.97. The molecule has 0 spiro atoms. The number of alkyl halides is 2. The Balaban J connectivity index is 1.89. The molecule has 3 rings (SSSR count). The fraction of sp³-hybridized carbons (Fsp3) is 0.368. The maximum absolute atomic E-state index is 13.3. The second-order valence-electron chi connectivity index (χ2n) is 6.50. The van der Waals surface area contributed by atoms with Gasteiger partial charge < -0.3 is 9.64 Å². The highest BCUT2D eigenvalue weighted by molar-refractivity contribution is 9.10. The predicted molar refractivity (Wildman–Crippen MR) is 98.5 cm³/mol. The van der Waals surface area contributed by atoms with Crippen molar-refractivity contribution in [3.63, 3.8) is 0 Å². The number of anilines is 1. The van der Waals surface area contributed by atoms with E-state index in [2.05, 4.69) is 20.9 Å². The molecule has 0 saturated heterocycles. The van der Waals surface area contributed by atoms with Gasteiger partial charge in [-0.3, -0.25) is 4.79 Å². The van der Waals surface area contributed by atoms with Crippen LogP contribution in [0.5, 0.6) is 5.75 Å². The lowest BCUT2D eigenvalue weighted by atomic mass is 9.80. The number of aromatic nitrogens is 1. The number of hydrogen-bond acceptors (Lipinski definition) is 3. The zero-order valence-electron chi connectivity index (χ0n) is 14.5. The number of aryl methyl sites for hydroxylation is 1. The highest BCUT2D eigenvalue weighted by atomic mass is 79.9. The van der Waals surface area contributed by atoms with Gasteiger partial charge >= 0.3 is 0 Å². The van der Waals surface area contributed by atoms with Gasteiger partial charge in [0, 0.05) is 24.5 Å². The molecule has 1 amide bonds. The number of methoxy groups -OCH3 is 1. The van der Waals surface area contributed by atoms with Crippen molar-refractivity contribution in [2.75, 3.05) is 12.0 Å². The Kier molecular flexibility index (Phi) is 5.27. The Labute approximate surface area is 159 Å². The summed E-state index contributed by atoms with van der Waals surface area (Å²) in [7, 11) is 1.58. The van der Waals surface area contributed by atoms with Crippen LogP contribution in [0.3, 0.4) is 0 Å². The third kappa shape index (κ3) is 4.03. The number of rotatable bonds is 5. The lowest BCUT2D eigenvalue weighted by Crippen LogP contribution is -2.46. The van der Waals surface area contributed by atoms with Crippen molar-refractivity contribution in [3.05, 3.63) is 52.3 Å². The van der Waals surface area contributed by atoms with Crippen molar-refractivity contribution in [1.82, 2.24) is 4.98 Å². The molecule has 1 saturated carbocycles. The molecular weight excluding hydrogens is 406 g/mol. The summed E-state index contributed by atoms with van der Waals surface area (Å²) < 4.78 is 32.2. The average molecular weight is 425 g/mol. The molecule has 1 fully saturated rings. The first kappa shape index (κ1) is 18.8. The molecule has 0 unspecified atom stereocenters. The van der Waals surface area contributed by atoms with Crippen LogP contribution in [0.2, 0.25) is 0 Å². The molecule has 0 N–H and O–H groups in total. The van der Waals surface area contributed by atoms with Crippen LogP contribution in [0.25, 0.3) is 0 Å². The van der Waals surface area contributed by atoms with Gasteiger partial charge in [0.2, 0.25) is 11.8 Å². The van der Waals surface area contributed by atoms with Gasteiger partial charge in [-0.05, 0) is 52.7 Å². The summed E-state index contributed by atoms with van der Waals surface area (Å²) >= 11 is 3.39. The monoisotopic (exact) mass is 424 g/mol. The third-order valence-electron chi connectivity index (χ3n) is 4.46. The van der Waals surface area contributed by atoms with Crippen LogP contribution in [0.15, 0.2) is 41.0 Å². The van der Waals surface area contributed by atoms with Crippen LogP contribution in [0.4, 0.5) is 14.5 Å². The van der Waals surface area contributed by atoms with Crippen molar-refractivity contribution in [2.24, 2.45) is 5.92 Å². The summed E-state index contributed by atoms with van der Waals surface area (Å²) in [4.78, 5) is 18.8. The first-order valence-corrected chi connectivity index (χ1v) is 9.03. The number of benzene rings is 1. The van der Waals surface area contributed by atoms with E-state index < -0.39 is 24.7 Å². The number of ether oxygens (including phenoxy) is 1. The first-order chi connectivity index (χ1) is 12.3. The van der Waals surface area contributed by atoms with Crippen molar-refractivity contribution in [3.8, 4) is 5.75 Å². The largest absolute Gasteiger partial charge is 0.497 e. The normalized spacial score (nSPS) is 16.0. The SMILES string of the molecule is COc1ccc(CN(C(=O)C2CC(F)(F)C2)c2ccc(C)nc2Br)cc1. The van der Waals surface area contributed by atoms with Crippen LogP contribution >= 0.6 is 15.9 Å². The highest BCUT2D eigenvalue weighted by Crippen LogP contribution is 2.44.